The van der Waals surface area contributed by atoms with E-state index in [-0.39, 0.29) is 11.0 Å². The van der Waals surface area contributed by atoms with Crippen molar-refractivity contribution in [3.8, 4) is 0 Å². The van der Waals surface area contributed by atoms with E-state index in [0.717, 1.165) is 31.6 Å². The second-order valence-electron chi connectivity index (χ2n) is 6.71. The van der Waals surface area contributed by atoms with Gasteiger partial charge in [-0.25, -0.2) is 0 Å². The summed E-state index contributed by atoms with van der Waals surface area (Å²) in [6.07, 6.45) is 2.00. The molecule has 0 unspecified atom stereocenters. The fraction of sp³-hybridized carbons (Fsp3) is 0.167. The Bertz CT molecular complexity index is 912. The molecule has 0 bridgehead atoms. The van der Waals surface area contributed by atoms with E-state index >= 15 is 0 Å². The molecule has 1 amide bonds. The van der Waals surface area contributed by atoms with Crippen molar-refractivity contribution < 1.29 is 4.79 Å². The summed E-state index contributed by atoms with van der Waals surface area (Å²) < 4.78 is 0. The minimum Gasteiger partial charge on any atom is -0.332 e. The van der Waals surface area contributed by atoms with Crippen molar-refractivity contribution in [2.24, 2.45) is 0 Å². The van der Waals surface area contributed by atoms with Crippen LogP contribution >= 0.6 is 12.2 Å². The standard InChI is InChI=1S/C24H25N3OS/c28-23(21-9-5-2-6-10-21)27-24(29)26-22-13-11-20(12-14-22)16-18-25-17-15-19-7-3-1-4-8-19/h1-14,25H,15-18H2,(H2,26,27,28,29). The number of amides is 1. The van der Waals surface area contributed by atoms with E-state index in [9.17, 15) is 4.79 Å². The van der Waals surface area contributed by atoms with Crippen LogP contribution in [0.4, 0.5) is 5.69 Å². The van der Waals surface area contributed by atoms with Gasteiger partial charge >= 0.3 is 0 Å². The summed E-state index contributed by atoms with van der Waals surface area (Å²) >= 11 is 5.23. The van der Waals surface area contributed by atoms with E-state index < -0.39 is 0 Å². The number of carbonyl (C=O) groups is 1. The molecule has 148 valence electrons. The molecule has 29 heavy (non-hydrogen) atoms. The summed E-state index contributed by atoms with van der Waals surface area (Å²) in [6, 6.07) is 27.6. The maximum absolute atomic E-state index is 12.1. The zero-order valence-corrected chi connectivity index (χ0v) is 17.0. The molecule has 0 spiro atoms. The summed E-state index contributed by atoms with van der Waals surface area (Å²) in [5.41, 5.74) is 4.03. The molecular weight excluding hydrogens is 378 g/mol. The van der Waals surface area contributed by atoms with Crippen LogP contribution in [0.2, 0.25) is 0 Å². The lowest BCUT2D eigenvalue weighted by molar-refractivity contribution is 0.0977. The van der Waals surface area contributed by atoms with Crippen LogP contribution in [-0.4, -0.2) is 24.1 Å². The van der Waals surface area contributed by atoms with Gasteiger partial charge in [-0.05, 0) is 73.5 Å². The minimum atomic E-state index is -0.221. The zero-order chi connectivity index (χ0) is 20.3. The van der Waals surface area contributed by atoms with Gasteiger partial charge in [-0.15, -0.1) is 0 Å². The quantitative estimate of drug-likeness (QED) is 0.390. The van der Waals surface area contributed by atoms with Crippen LogP contribution in [0.15, 0.2) is 84.9 Å². The van der Waals surface area contributed by atoms with E-state index in [1.165, 1.54) is 11.1 Å². The third-order valence-electron chi connectivity index (χ3n) is 4.50. The second kappa shape index (κ2) is 11.1. The molecule has 0 aliphatic rings. The molecule has 3 N–H and O–H groups in total. The van der Waals surface area contributed by atoms with Crippen LogP contribution in [0.5, 0.6) is 0 Å². The molecule has 0 aliphatic carbocycles. The first-order valence-corrected chi connectivity index (χ1v) is 10.1. The van der Waals surface area contributed by atoms with E-state index in [2.05, 4.69) is 52.3 Å². The van der Waals surface area contributed by atoms with Gasteiger partial charge in [-0.2, -0.15) is 0 Å². The SMILES string of the molecule is O=C(NC(=S)Nc1ccc(CCNCCc2ccccc2)cc1)c1ccccc1. The molecule has 0 heterocycles. The van der Waals surface area contributed by atoms with E-state index in [1.54, 1.807) is 12.1 Å². The second-order valence-corrected chi connectivity index (χ2v) is 7.12. The minimum absolute atomic E-state index is 0.221. The molecule has 3 aromatic rings. The van der Waals surface area contributed by atoms with Crippen molar-refractivity contribution in [2.75, 3.05) is 18.4 Å². The summed E-state index contributed by atoms with van der Waals surface area (Å²) in [4.78, 5) is 12.1. The predicted molar refractivity (Wildman–Crippen MR) is 123 cm³/mol. The molecule has 0 aromatic heterocycles. The highest BCUT2D eigenvalue weighted by Gasteiger charge is 2.07. The Kier molecular flexibility index (Phi) is 7.92. The van der Waals surface area contributed by atoms with Gasteiger partial charge in [0, 0.05) is 11.3 Å². The number of nitrogens with one attached hydrogen (secondary N) is 3. The summed E-state index contributed by atoms with van der Waals surface area (Å²) in [6.45, 7) is 1.91. The van der Waals surface area contributed by atoms with Gasteiger partial charge in [-0.3, -0.25) is 10.1 Å². The first-order chi connectivity index (χ1) is 14.2. The van der Waals surface area contributed by atoms with Gasteiger partial charge in [0.1, 0.15) is 0 Å². The number of hydrogen-bond acceptors (Lipinski definition) is 3. The maximum Gasteiger partial charge on any atom is 0.257 e. The number of thiocarbonyl (C=S) groups is 1. The van der Waals surface area contributed by atoms with Crippen LogP contribution < -0.4 is 16.0 Å². The van der Waals surface area contributed by atoms with E-state index in [0.29, 0.717) is 5.56 Å². The highest BCUT2D eigenvalue weighted by molar-refractivity contribution is 7.80. The molecule has 0 fully saturated rings. The summed E-state index contributed by atoms with van der Waals surface area (Å²) in [5, 5.41) is 9.51. The smallest absolute Gasteiger partial charge is 0.257 e. The van der Waals surface area contributed by atoms with Crippen molar-refractivity contribution in [3.63, 3.8) is 0 Å². The van der Waals surface area contributed by atoms with Crippen LogP contribution in [-0.2, 0) is 12.8 Å². The third-order valence-corrected chi connectivity index (χ3v) is 4.70. The van der Waals surface area contributed by atoms with Gasteiger partial charge < -0.3 is 10.6 Å². The normalized spacial score (nSPS) is 10.3. The molecule has 0 radical (unpaired) electrons. The monoisotopic (exact) mass is 403 g/mol. The van der Waals surface area contributed by atoms with Gasteiger partial charge in [0.2, 0.25) is 0 Å². The Morgan fingerprint density at radius 1 is 0.724 bits per heavy atom. The molecule has 0 saturated heterocycles. The number of anilines is 1. The van der Waals surface area contributed by atoms with Gasteiger partial charge in [0.05, 0.1) is 0 Å². The number of hydrogen-bond donors (Lipinski definition) is 3. The zero-order valence-electron chi connectivity index (χ0n) is 16.2. The Hall–Kier alpha value is -3.02. The van der Waals surface area contributed by atoms with Crippen LogP contribution in [0.3, 0.4) is 0 Å². The lowest BCUT2D eigenvalue weighted by Gasteiger charge is -2.10. The van der Waals surface area contributed by atoms with Crippen LogP contribution in [0, 0.1) is 0 Å². The Morgan fingerprint density at radius 2 is 1.28 bits per heavy atom. The Morgan fingerprint density at radius 3 is 1.90 bits per heavy atom. The largest absolute Gasteiger partial charge is 0.332 e. The molecule has 0 atom stereocenters. The summed E-state index contributed by atoms with van der Waals surface area (Å²) in [7, 11) is 0. The highest BCUT2D eigenvalue weighted by atomic mass is 32.1. The molecule has 3 rings (SSSR count). The van der Waals surface area contributed by atoms with E-state index in [1.807, 2.05) is 36.4 Å². The van der Waals surface area contributed by atoms with Crippen molar-refractivity contribution in [2.45, 2.75) is 12.8 Å². The molecule has 5 heteroatoms. The van der Waals surface area contributed by atoms with Crippen molar-refractivity contribution in [1.29, 1.82) is 0 Å². The predicted octanol–water partition coefficient (Wildman–Crippen LogP) is 4.19. The fourth-order valence-corrected chi connectivity index (χ4v) is 3.13. The first kappa shape index (κ1) is 20.7. The topological polar surface area (TPSA) is 53.2 Å². The van der Waals surface area contributed by atoms with Gasteiger partial charge in [0.15, 0.2) is 5.11 Å². The van der Waals surface area contributed by atoms with Gasteiger partial charge in [-0.1, -0.05) is 60.7 Å². The molecule has 4 nitrogen and oxygen atoms in total. The van der Waals surface area contributed by atoms with Crippen LogP contribution in [0.1, 0.15) is 21.5 Å². The number of benzene rings is 3. The number of rotatable bonds is 8. The molecule has 0 saturated carbocycles. The molecular formula is C24H25N3OS. The third kappa shape index (κ3) is 7.14. The van der Waals surface area contributed by atoms with Crippen molar-refractivity contribution in [3.05, 3.63) is 102 Å². The molecule has 3 aromatic carbocycles. The first-order valence-electron chi connectivity index (χ1n) is 9.72. The fourth-order valence-electron chi connectivity index (χ4n) is 2.92. The van der Waals surface area contributed by atoms with Gasteiger partial charge in [0.25, 0.3) is 5.91 Å². The average Bonchev–Trinajstić information content (AvgIpc) is 2.76. The summed E-state index contributed by atoms with van der Waals surface area (Å²) in [5.74, 6) is -0.221. The van der Waals surface area contributed by atoms with Crippen molar-refractivity contribution in [1.82, 2.24) is 10.6 Å². The number of carbonyl (C=O) groups excluding carboxylic acids is 1. The average molecular weight is 404 g/mol. The van der Waals surface area contributed by atoms with Crippen molar-refractivity contribution >= 4 is 28.9 Å². The maximum atomic E-state index is 12.1. The van der Waals surface area contributed by atoms with Crippen LogP contribution in [0.25, 0.3) is 0 Å². The lowest BCUT2D eigenvalue weighted by atomic mass is 10.1. The molecule has 0 aliphatic heterocycles. The Balaban J connectivity index is 1.37. The lowest BCUT2D eigenvalue weighted by Crippen LogP contribution is -2.34. The van der Waals surface area contributed by atoms with E-state index in [4.69, 9.17) is 12.2 Å². The highest BCUT2D eigenvalue weighted by Crippen LogP contribution is 2.10. The Labute approximate surface area is 177 Å².